The molecule has 0 amide bonds. The summed E-state index contributed by atoms with van der Waals surface area (Å²) in [6, 6.07) is 0. The molecule has 7 atom stereocenters. The zero-order chi connectivity index (χ0) is 19.4. The van der Waals surface area contributed by atoms with Gasteiger partial charge in [-0.15, -0.1) is 0 Å². The maximum absolute atomic E-state index is 6.54. The Morgan fingerprint density at radius 2 is 1.74 bits per heavy atom. The topological polar surface area (TPSA) is 30.8 Å². The molecule has 3 unspecified atom stereocenters. The van der Waals surface area contributed by atoms with Crippen LogP contribution in [0.25, 0.3) is 0 Å². The number of hydrogen-bond acceptors (Lipinski definition) is 3. The Bertz CT molecular complexity index is 600. The van der Waals surface area contributed by atoms with Gasteiger partial charge < -0.3 is 9.26 Å². The number of oxime groups is 1. The second-order valence-electron chi connectivity index (χ2n) is 11.5. The largest absolute Gasteiger partial charge is 0.415 e. The molecule has 4 aliphatic rings. The summed E-state index contributed by atoms with van der Waals surface area (Å²) in [6.07, 6.45) is 12.6. The molecule has 27 heavy (non-hydrogen) atoms. The number of nitrogens with zero attached hydrogens (tertiary/aromatic N) is 1. The number of rotatable bonds is 3. The molecule has 0 radical (unpaired) electrons. The Labute approximate surface area is 167 Å². The van der Waals surface area contributed by atoms with Crippen molar-refractivity contribution in [3.63, 3.8) is 0 Å². The molecule has 154 valence electrons. The first kappa shape index (κ1) is 19.9. The van der Waals surface area contributed by atoms with Gasteiger partial charge in [0.2, 0.25) is 0 Å². The Kier molecular flexibility index (Phi) is 5.07. The number of hydrogen-bond donors (Lipinski definition) is 0. The first-order chi connectivity index (χ1) is 12.7. The summed E-state index contributed by atoms with van der Waals surface area (Å²) >= 11 is 0. The highest BCUT2D eigenvalue weighted by Gasteiger charge is 2.59. The van der Waals surface area contributed by atoms with Crippen LogP contribution in [-0.4, -0.2) is 27.2 Å². The minimum Gasteiger partial charge on any atom is -0.415 e. The third-order valence-corrected chi connectivity index (χ3v) is 10.1. The summed E-state index contributed by atoms with van der Waals surface area (Å²) in [7, 11) is 0.283. The van der Waals surface area contributed by atoms with Crippen molar-refractivity contribution in [3.8, 4) is 0 Å². The lowest BCUT2D eigenvalue weighted by Crippen LogP contribution is -2.54. The smallest absolute Gasteiger partial charge is 0.184 e. The van der Waals surface area contributed by atoms with Crippen LogP contribution in [0.1, 0.15) is 71.6 Å². The highest BCUT2D eigenvalue weighted by atomic mass is 28.4. The highest BCUT2D eigenvalue weighted by molar-refractivity contribution is 6.69. The van der Waals surface area contributed by atoms with E-state index in [0.717, 1.165) is 30.1 Å². The third kappa shape index (κ3) is 3.33. The summed E-state index contributed by atoms with van der Waals surface area (Å²) in [5.74, 6) is 3.54. The van der Waals surface area contributed by atoms with Crippen LogP contribution in [-0.2, 0) is 9.26 Å². The van der Waals surface area contributed by atoms with Crippen LogP contribution in [0.15, 0.2) is 5.16 Å². The van der Waals surface area contributed by atoms with Crippen LogP contribution in [0.4, 0.5) is 0 Å². The molecule has 0 saturated heterocycles. The zero-order valence-corrected chi connectivity index (χ0v) is 19.5. The van der Waals surface area contributed by atoms with Gasteiger partial charge in [0.1, 0.15) is 7.11 Å². The van der Waals surface area contributed by atoms with Gasteiger partial charge in [-0.1, -0.05) is 19.0 Å². The van der Waals surface area contributed by atoms with Gasteiger partial charge >= 0.3 is 0 Å². The van der Waals surface area contributed by atoms with Crippen molar-refractivity contribution in [1.29, 1.82) is 0 Å². The molecule has 0 aromatic heterocycles. The number of fused-ring (bicyclic) bond motifs is 5. The summed E-state index contributed by atoms with van der Waals surface area (Å²) < 4.78 is 6.54. The zero-order valence-electron chi connectivity index (χ0n) is 18.5. The molecule has 4 fully saturated rings. The van der Waals surface area contributed by atoms with Crippen LogP contribution in [0, 0.1) is 34.5 Å². The van der Waals surface area contributed by atoms with Crippen molar-refractivity contribution in [3.05, 3.63) is 0 Å². The van der Waals surface area contributed by atoms with E-state index in [1.54, 1.807) is 7.11 Å². The molecule has 0 aromatic rings. The van der Waals surface area contributed by atoms with Gasteiger partial charge in [-0.3, -0.25) is 0 Å². The molecule has 0 aromatic carbocycles. The van der Waals surface area contributed by atoms with E-state index >= 15 is 0 Å². The summed E-state index contributed by atoms with van der Waals surface area (Å²) in [4.78, 5) is 5.21. The van der Waals surface area contributed by atoms with E-state index in [2.05, 4.69) is 38.6 Å². The van der Waals surface area contributed by atoms with Crippen molar-refractivity contribution >= 4 is 14.0 Å². The van der Waals surface area contributed by atoms with E-state index in [0.29, 0.717) is 16.9 Å². The van der Waals surface area contributed by atoms with Gasteiger partial charge in [-0.05, 0) is 107 Å². The van der Waals surface area contributed by atoms with Gasteiger partial charge in [0.05, 0.1) is 5.71 Å². The lowest BCUT2D eigenvalue weighted by atomic mass is 9.45. The van der Waals surface area contributed by atoms with Crippen LogP contribution < -0.4 is 0 Å². The predicted octanol–water partition coefficient (Wildman–Crippen LogP) is 6.25. The van der Waals surface area contributed by atoms with E-state index in [-0.39, 0.29) is 0 Å². The summed E-state index contributed by atoms with van der Waals surface area (Å²) in [5.41, 5.74) is 2.21. The van der Waals surface area contributed by atoms with Crippen LogP contribution in [0.2, 0.25) is 19.6 Å². The maximum Gasteiger partial charge on any atom is 0.184 e. The Hall–Kier alpha value is -0.353. The summed E-state index contributed by atoms with van der Waals surface area (Å²) in [6.45, 7) is 12.2. The van der Waals surface area contributed by atoms with Crippen LogP contribution in [0.3, 0.4) is 0 Å². The minimum absolute atomic E-state index is 0.304. The summed E-state index contributed by atoms with van der Waals surface area (Å²) in [5, 5.41) is 4.46. The lowest BCUT2D eigenvalue weighted by Gasteiger charge is -2.60. The van der Waals surface area contributed by atoms with Crippen molar-refractivity contribution in [1.82, 2.24) is 0 Å². The first-order valence-corrected chi connectivity index (χ1v) is 14.9. The molecule has 0 spiro atoms. The SMILES string of the molecule is CON=C1CCC2C3CC[C@H]4C[C@@H](O[Si](C)(C)C)CC[C@]4(C)C3CC[C@]12C. The fraction of sp³-hybridized carbons (Fsp3) is 0.957. The standard InChI is InChI=1S/C23H41NO2Si/c1-22-13-11-17(26-27(4,5)6)15-16(22)7-8-18-19-9-10-21(24-25-3)23(19,2)14-12-20(18)22/h16-20H,7-15H2,1-6H3/t16-,17-,18?,19?,20?,22-,23-/m0/s1. The molecule has 4 rings (SSSR count). The first-order valence-electron chi connectivity index (χ1n) is 11.5. The van der Waals surface area contributed by atoms with Gasteiger partial charge in [0.15, 0.2) is 8.32 Å². The molecule has 0 heterocycles. The average Bonchev–Trinajstić information content (AvgIpc) is 2.91. The second kappa shape index (κ2) is 6.86. The molecular weight excluding hydrogens is 350 g/mol. The predicted molar refractivity (Wildman–Crippen MR) is 114 cm³/mol. The second-order valence-corrected chi connectivity index (χ2v) is 16.0. The van der Waals surface area contributed by atoms with Crippen LogP contribution in [0.5, 0.6) is 0 Å². The molecule has 4 saturated carbocycles. The molecule has 0 N–H and O–H groups in total. The Balaban J connectivity index is 1.52. The minimum atomic E-state index is -1.43. The van der Waals surface area contributed by atoms with E-state index in [4.69, 9.17) is 9.26 Å². The fourth-order valence-corrected chi connectivity index (χ4v) is 9.09. The van der Waals surface area contributed by atoms with Crippen LogP contribution >= 0.6 is 0 Å². The van der Waals surface area contributed by atoms with Crippen molar-refractivity contribution in [2.24, 2.45) is 39.7 Å². The van der Waals surface area contributed by atoms with Gasteiger partial charge in [0.25, 0.3) is 0 Å². The van der Waals surface area contributed by atoms with E-state index in [9.17, 15) is 0 Å². The van der Waals surface area contributed by atoms with E-state index < -0.39 is 8.32 Å². The highest BCUT2D eigenvalue weighted by Crippen LogP contribution is 2.65. The molecule has 4 aliphatic carbocycles. The molecular formula is C23H41NO2Si. The molecule has 3 nitrogen and oxygen atoms in total. The molecule has 0 bridgehead atoms. The quantitative estimate of drug-likeness (QED) is 0.420. The van der Waals surface area contributed by atoms with Crippen molar-refractivity contribution in [2.45, 2.75) is 97.4 Å². The van der Waals surface area contributed by atoms with Crippen molar-refractivity contribution < 1.29 is 9.26 Å². The van der Waals surface area contributed by atoms with Gasteiger partial charge in [-0.25, -0.2) is 0 Å². The molecule has 0 aliphatic heterocycles. The van der Waals surface area contributed by atoms with Gasteiger partial charge in [0, 0.05) is 11.5 Å². The van der Waals surface area contributed by atoms with Crippen molar-refractivity contribution in [2.75, 3.05) is 7.11 Å². The third-order valence-electron chi connectivity index (χ3n) is 9.08. The monoisotopic (exact) mass is 391 g/mol. The Morgan fingerprint density at radius 3 is 2.44 bits per heavy atom. The maximum atomic E-state index is 6.54. The average molecular weight is 392 g/mol. The normalized spacial score (nSPS) is 48.7. The molecule has 4 heteroatoms. The van der Waals surface area contributed by atoms with Gasteiger partial charge in [-0.2, -0.15) is 0 Å². The fourth-order valence-electron chi connectivity index (χ4n) is 7.87. The van der Waals surface area contributed by atoms with E-state index in [1.807, 2.05) is 0 Å². The Morgan fingerprint density at radius 1 is 0.963 bits per heavy atom. The van der Waals surface area contributed by atoms with E-state index in [1.165, 1.54) is 57.1 Å². The lowest BCUT2D eigenvalue weighted by molar-refractivity contribution is -0.111.